The van der Waals surface area contributed by atoms with E-state index in [1.807, 2.05) is 43.3 Å². The van der Waals surface area contributed by atoms with Gasteiger partial charge in [0, 0.05) is 17.1 Å². The number of hydrogen-bond acceptors (Lipinski definition) is 5. The zero-order valence-electron chi connectivity index (χ0n) is 15.2. The highest BCUT2D eigenvalue weighted by Crippen LogP contribution is 2.24. The molecule has 0 spiro atoms. The van der Waals surface area contributed by atoms with Crippen LogP contribution in [0.2, 0.25) is 5.02 Å². The van der Waals surface area contributed by atoms with Crippen molar-refractivity contribution in [2.45, 2.75) is 25.0 Å². The molecule has 1 atom stereocenters. The Morgan fingerprint density at radius 3 is 2.75 bits per heavy atom. The van der Waals surface area contributed by atoms with Crippen molar-refractivity contribution >= 4 is 52.2 Å². The van der Waals surface area contributed by atoms with Gasteiger partial charge in [-0.25, -0.2) is 0 Å². The van der Waals surface area contributed by atoms with Crippen molar-refractivity contribution in [3.05, 3.63) is 64.7 Å². The summed E-state index contributed by atoms with van der Waals surface area (Å²) in [5.41, 5.74) is 2.67. The molecule has 0 aromatic heterocycles. The van der Waals surface area contributed by atoms with Crippen LogP contribution in [0.1, 0.15) is 24.5 Å². The summed E-state index contributed by atoms with van der Waals surface area (Å²) in [6.45, 7) is 2.03. The number of rotatable bonds is 6. The number of amidine groups is 1. The Morgan fingerprint density at radius 2 is 2.00 bits per heavy atom. The molecule has 0 radical (unpaired) electrons. The molecule has 28 heavy (non-hydrogen) atoms. The molecule has 3 rings (SSSR count). The van der Waals surface area contributed by atoms with Gasteiger partial charge in [-0.3, -0.25) is 9.59 Å². The summed E-state index contributed by atoms with van der Waals surface area (Å²) in [4.78, 5) is 24.4. The minimum atomic E-state index is -0.529. The minimum absolute atomic E-state index is 0.0640. The van der Waals surface area contributed by atoms with Crippen LogP contribution in [0.25, 0.3) is 0 Å². The summed E-state index contributed by atoms with van der Waals surface area (Å²) >= 11 is 7.03. The summed E-state index contributed by atoms with van der Waals surface area (Å²) in [5.74, 6) is -0.455. The molecule has 2 N–H and O–H groups in total. The fraction of sp³-hybridized carbons (Fsp3) is 0.200. The van der Waals surface area contributed by atoms with Crippen LogP contribution in [-0.2, 0) is 16.0 Å². The first kappa shape index (κ1) is 20.1. The molecule has 2 aromatic rings. The standard InChI is InChI=1S/C20H19ClN4O2S/c1-2-14-5-3-4-6-16(14)23-18(26)11-17-19(27)24-20(28-17)25-22-12-13-7-9-15(21)10-8-13/h3-10,12,17H,2,11H2,1H3,(H,23,26)(H,24,25,27)/b22-12+. The summed E-state index contributed by atoms with van der Waals surface area (Å²) in [6, 6.07) is 14.8. The van der Waals surface area contributed by atoms with Crippen molar-refractivity contribution in [2.75, 3.05) is 5.32 Å². The molecular weight excluding hydrogens is 396 g/mol. The van der Waals surface area contributed by atoms with Crippen LogP contribution in [0.5, 0.6) is 0 Å². The molecule has 8 heteroatoms. The largest absolute Gasteiger partial charge is 0.326 e. The highest BCUT2D eigenvalue weighted by molar-refractivity contribution is 8.15. The van der Waals surface area contributed by atoms with E-state index >= 15 is 0 Å². The number of anilines is 1. The van der Waals surface area contributed by atoms with E-state index < -0.39 is 5.25 Å². The lowest BCUT2D eigenvalue weighted by molar-refractivity contribution is -0.122. The number of carbonyl (C=O) groups is 2. The first-order chi connectivity index (χ1) is 13.5. The van der Waals surface area contributed by atoms with Gasteiger partial charge >= 0.3 is 0 Å². The molecule has 1 aliphatic heterocycles. The van der Waals surface area contributed by atoms with E-state index in [9.17, 15) is 9.59 Å². The maximum Gasteiger partial charge on any atom is 0.240 e. The monoisotopic (exact) mass is 414 g/mol. The van der Waals surface area contributed by atoms with E-state index in [0.29, 0.717) is 10.2 Å². The van der Waals surface area contributed by atoms with Crippen LogP contribution in [0.4, 0.5) is 5.69 Å². The van der Waals surface area contributed by atoms with Gasteiger partial charge in [0.15, 0.2) is 5.17 Å². The summed E-state index contributed by atoms with van der Waals surface area (Å²) in [6.07, 6.45) is 2.45. The number of aryl methyl sites for hydroxylation is 1. The van der Waals surface area contributed by atoms with Crippen LogP contribution >= 0.6 is 23.4 Å². The lowest BCUT2D eigenvalue weighted by Gasteiger charge is -2.10. The van der Waals surface area contributed by atoms with Gasteiger partial charge in [-0.05, 0) is 35.7 Å². The molecular formula is C20H19ClN4O2S. The maximum absolute atomic E-state index is 12.3. The number of thioether (sulfide) groups is 1. The van der Waals surface area contributed by atoms with Gasteiger partial charge in [0.25, 0.3) is 0 Å². The van der Waals surface area contributed by atoms with Gasteiger partial charge in [-0.2, -0.15) is 5.10 Å². The van der Waals surface area contributed by atoms with Gasteiger partial charge in [0.2, 0.25) is 11.8 Å². The highest BCUT2D eigenvalue weighted by atomic mass is 35.5. The SMILES string of the molecule is CCc1ccccc1NC(=O)CC1S/C(=N/N=C/c2ccc(Cl)cc2)NC1=O. The van der Waals surface area contributed by atoms with Gasteiger partial charge in [0.1, 0.15) is 5.25 Å². The van der Waals surface area contributed by atoms with Crippen LogP contribution in [-0.4, -0.2) is 28.4 Å². The van der Waals surface area contributed by atoms with Gasteiger partial charge in [0.05, 0.1) is 6.21 Å². The fourth-order valence-corrected chi connectivity index (χ4v) is 3.65. The Kier molecular flexibility index (Phi) is 6.84. The number of halogens is 1. The second-order valence-corrected chi connectivity index (χ2v) is 7.69. The number of nitrogens with zero attached hydrogens (tertiary/aromatic N) is 2. The van der Waals surface area contributed by atoms with Crippen molar-refractivity contribution in [2.24, 2.45) is 10.2 Å². The number of amides is 2. The predicted octanol–water partition coefficient (Wildman–Crippen LogP) is 3.85. The highest BCUT2D eigenvalue weighted by Gasteiger charge is 2.32. The smallest absolute Gasteiger partial charge is 0.240 e. The molecule has 0 aliphatic carbocycles. The van der Waals surface area contributed by atoms with E-state index in [4.69, 9.17) is 11.6 Å². The van der Waals surface area contributed by atoms with Gasteiger partial charge in [-0.15, -0.1) is 5.10 Å². The van der Waals surface area contributed by atoms with E-state index in [1.54, 1.807) is 18.3 Å². The first-order valence-corrected chi connectivity index (χ1v) is 10.0. The van der Waals surface area contributed by atoms with Crippen LogP contribution < -0.4 is 10.6 Å². The second kappa shape index (κ2) is 9.52. The van der Waals surface area contributed by atoms with Crippen molar-refractivity contribution in [1.82, 2.24) is 5.32 Å². The number of carbonyl (C=O) groups excluding carboxylic acids is 2. The van der Waals surface area contributed by atoms with Crippen molar-refractivity contribution in [1.29, 1.82) is 0 Å². The average molecular weight is 415 g/mol. The van der Waals surface area contributed by atoms with Gasteiger partial charge < -0.3 is 10.6 Å². The Hall–Kier alpha value is -2.64. The molecule has 1 heterocycles. The summed E-state index contributed by atoms with van der Waals surface area (Å²) < 4.78 is 0. The third kappa shape index (κ3) is 5.43. The lowest BCUT2D eigenvalue weighted by Crippen LogP contribution is -2.28. The zero-order valence-corrected chi connectivity index (χ0v) is 16.8. The molecule has 1 aliphatic rings. The average Bonchev–Trinajstić information content (AvgIpc) is 3.03. The van der Waals surface area contributed by atoms with Crippen LogP contribution in [0, 0.1) is 0 Å². The fourth-order valence-electron chi connectivity index (χ4n) is 2.60. The Labute approximate surface area is 172 Å². The Balaban J connectivity index is 1.56. The van der Waals surface area contributed by atoms with Crippen molar-refractivity contribution in [3.63, 3.8) is 0 Å². The molecule has 1 unspecified atom stereocenters. The topological polar surface area (TPSA) is 82.9 Å². The van der Waals surface area contributed by atoms with Crippen molar-refractivity contribution in [3.8, 4) is 0 Å². The second-order valence-electron chi connectivity index (χ2n) is 6.06. The third-order valence-electron chi connectivity index (χ3n) is 4.04. The van der Waals surface area contributed by atoms with Gasteiger partial charge in [-0.1, -0.05) is 60.6 Å². The minimum Gasteiger partial charge on any atom is -0.326 e. The maximum atomic E-state index is 12.3. The van der Waals surface area contributed by atoms with E-state index in [-0.39, 0.29) is 18.2 Å². The zero-order chi connectivity index (χ0) is 19.9. The lowest BCUT2D eigenvalue weighted by atomic mass is 10.1. The van der Waals surface area contributed by atoms with E-state index in [0.717, 1.165) is 23.2 Å². The Bertz CT molecular complexity index is 928. The normalized spacial score (nSPS) is 17.9. The molecule has 1 saturated heterocycles. The predicted molar refractivity (Wildman–Crippen MR) is 115 cm³/mol. The number of nitrogens with one attached hydrogen (secondary N) is 2. The summed E-state index contributed by atoms with van der Waals surface area (Å²) in [5, 5.41) is 14.0. The number of benzene rings is 2. The molecule has 0 saturated carbocycles. The molecule has 144 valence electrons. The number of hydrogen-bond donors (Lipinski definition) is 2. The Morgan fingerprint density at radius 1 is 1.25 bits per heavy atom. The third-order valence-corrected chi connectivity index (χ3v) is 5.37. The molecule has 6 nitrogen and oxygen atoms in total. The molecule has 2 amide bonds. The van der Waals surface area contributed by atoms with E-state index in [1.165, 1.54) is 11.8 Å². The van der Waals surface area contributed by atoms with Crippen LogP contribution in [0.3, 0.4) is 0 Å². The quantitative estimate of drug-likeness (QED) is 0.556. The van der Waals surface area contributed by atoms with E-state index in [2.05, 4.69) is 20.8 Å². The molecule has 0 bridgehead atoms. The summed E-state index contributed by atoms with van der Waals surface area (Å²) in [7, 11) is 0. The molecule has 2 aromatic carbocycles. The van der Waals surface area contributed by atoms with Crippen LogP contribution in [0.15, 0.2) is 58.7 Å². The molecule has 1 fully saturated rings. The van der Waals surface area contributed by atoms with Crippen molar-refractivity contribution < 1.29 is 9.59 Å². The number of para-hydroxylation sites is 1. The first-order valence-electron chi connectivity index (χ1n) is 8.77.